The second-order valence-electron chi connectivity index (χ2n) is 5.53. The van der Waals surface area contributed by atoms with E-state index in [1.54, 1.807) is 4.90 Å². The van der Waals surface area contributed by atoms with Crippen LogP contribution >= 0.6 is 11.3 Å². The molecule has 2 fully saturated rings. The molecular formula is C14H19N3O2S. The smallest absolute Gasteiger partial charge is 0.245 e. The Labute approximate surface area is 122 Å². The molecule has 0 radical (unpaired) electrons. The lowest BCUT2D eigenvalue weighted by Gasteiger charge is -2.19. The van der Waals surface area contributed by atoms with Crippen molar-refractivity contribution in [1.29, 1.82) is 0 Å². The van der Waals surface area contributed by atoms with E-state index < -0.39 is 0 Å². The molecule has 2 heterocycles. The average Bonchev–Trinajstić information content (AvgIpc) is 3.20. The lowest BCUT2D eigenvalue weighted by molar-refractivity contribution is -0.134. The molecule has 0 bridgehead atoms. The fourth-order valence-corrected chi connectivity index (χ4v) is 3.26. The Bertz CT molecular complexity index is 510. The normalized spacial score (nSPS) is 19.8. The summed E-state index contributed by atoms with van der Waals surface area (Å²) >= 11 is 1.47. The predicted octanol–water partition coefficient (Wildman–Crippen LogP) is 2.36. The van der Waals surface area contributed by atoms with Crippen LogP contribution in [0.3, 0.4) is 0 Å². The Balaban J connectivity index is 1.53. The van der Waals surface area contributed by atoms with Gasteiger partial charge in [0.15, 0.2) is 5.13 Å². The van der Waals surface area contributed by atoms with Crippen LogP contribution in [0.2, 0.25) is 0 Å². The van der Waals surface area contributed by atoms with Gasteiger partial charge in [-0.3, -0.25) is 9.59 Å². The summed E-state index contributed by atoms with van der Waals surface area (Å²) in [6.07, 6.45) is 5.98. The largest absolute Gasteiger partial charge is 0.333 e. The molecule has 1 aromatic heterocycles. The molecule has 1 aromatic rings. The molecule has 20 heavy (non-hydrogen) atoms. The van der Waals surface area contributed by atoms with Crippen LogP contribution in [0.5, 0.6) is 0 Å². The number of rotatable bonds is 4. The van der Waals surface area contributed by atoms with E-state index in [9.17, 15) is 9.59 Å². The van der Waals surface area contributed by atoms with Crippen molar-refractivity contribution in [2.24, 2.45) is 0 Å². The van der Waals surface area contributed by atoms with Crippen molar-refractivity contribution < 1.29 is 9.59 Å². The highest BCUT2D eigenvalue weighted by Gasteiger charge is 2.26. The van der Waals surface area contributed by atoms with E-state index in [4.69, 9.17) is 0 Å². The van der Waals surface area contributed by atoms with E-state index in [0.29, 0.717) is 24.0 Å². The Morgan fingerprint density at radius 2 is 2.25 bits per heavy atom. The molecule has 2 amide bonds. The molecule has 5 nitrogen and oxygen atoms in total. The number of hydrogen-bond acceptors (Lipinski definition) is 4. The highest BCUT2D eigenvalue weighted by atomic mass is 32.1. The third-order valence-corrected chi connectivity index (χ3v) is 4.55. The van der Waals surface area contributed by atoms with Gasteiger partial charge in [-0.15, -0.1) is 11.3 Å². The fraction of sp³-hybridized carbons (Fsp3) is 0.643. The van der Waals surface area contributed by atoms with Crippen LogP contribution in [-0.2, 0) is 9.59 Å². The van der Waals surface area contributed by atoms with Crippen LogP contribution in [0.4, 0.5) is 5.13 Å². The van der Waals surface area contributed by atoms with Crippen molar-refractivity contribution >= 4 is 28.3 Å². The van der Waals surface area contributed by atoms with Gasteiger partial charge >= 0.3 is 0 Å². The van der Waals surface area contributed by atoms with Crippen molar-refractivity contribution in [1.82, 2.24) is 9.88 Å². The van der Waals surface area contributed by atoms with Crippen molar-refractivity contribution in [2.75, 3.05) is 18.4 Å². The first-order valence-electron chi connectivity index (χ1n) is 7.25. The number of nitrogens with one attached hydrogen (secondary N) is 1. The highest BCUT2D eigenvalue weighted by molar-refractivity contribution is 7.13. The number of hydrogen-bond donors (Lipinski definition) is 1. The van der Waals surface area contributed by atoms with E-state index in [0.717, 1.165) is 25.0 Å². The SMILES string of the molecule is O=C(CN1CCCCCC1=O)Nc1nc(C2CC2)cs1. The fourth-order valence-electron chi connectivity index (χ4n) is 2.45. The van der Waals surface area contributed by atoms with Gasteiger partial charge in [0.2, 0.25) is 11.8 Å². The zero-order valence-electron chi connectivity index (χ0n) is 11.4. The molecule has 1 aliphatic heterocycles. The van der Waals surface area contributed by atoms with Gasteiger partial charge in [0.1, 0.15) is 0 Å². The topological polar surface area (TPSA) is 62.3 Å². The summed E-state index contributed by atoms with van der Waals surface area (Å²) in [5.74, 6) is 0.552. The van der Waals surface area contributed by atoms with Crippen LogP contribution in [0.15, 0.2) is 5.38 Å². The summed E-state index contributed by atoms with van der Waals surface area (Å²) in [5, 5.41) is 5.48. The molecule has 1 saturated heterocycles. The number of likely N-dealkylation sites (tertiary alicyclic amines) is 1. The molecule has 1 aliphatic carbocycles. The van der Waals surface area contributed by atoms with Crippen LogP contribution in [0.1, 0.15) is 50.1 Å². The monoisotopic (exact) mass is 293 g/mol. The summed E-state index contributed by atoms with van der Waals surface area (Å²) < 4.78 is 0. The third kappa shape index (κ3) is 3.36. The van der Waals surface area contributed by atoms with Crippen LogP contribution in [0.25, 0.3) is 0 Å². The third-order valence-electron chi connectivity index (χ3n) is 3.77. The number of amides is 2. The molecule has 108 valence electrons. The maximum Gasteiger partial charge on any atom is 0.245 e. The molecule has 1 N–H and O–H groups in total. The number of thiazole rings is 1. The first-order chi connectivity index (χ1) is 9.72. The lowest BCUT2D eigenvalue weighted by Crippen LogP contribution is -2.37. The summed E-state index contributed by atoms with van der Waals surface area (Å²) in [6.45, 7) is 0.842. The van der Waals surface area contributed by atoms with Gasteiger partial charge in [0.05, 0.1) is 12.2 Å². The number of carbonyl (C=O) groups excluding carboxylic acids is 2. The second-order valence-corrected chi connectivity index (χ2v) is 6.38. The predicted molar refractivity (Wildman–Crippen MR) is 77.8 cm³/mol. The molecule has 0 aromatic carbocycles. The summed E-state index contributed by atoms with van der Waals surface area (Å²) in [6, 6.07) is 0. The number of aromatic nitrogens is 1. The van der Waals surface area contributed by atoms with Gasteiger partial charge in [0, 0.05) is 24.3 Å². The summed E-state index contributed by atoms with van der Waals surface area (Å²) in [7, 11) is 0. The Kier molecular flexibility index (Phi) is 4.00. The number of anilines is 1. The number of carbonyl (C=O) groups is 2. The van der Waals surface area contributed by atoms with Gasteiger partial charge in [-0.05, 0) is 25.7 Å². The minimum Gasteiger partial charge on any atom is -0.333 e. The quantitative estimate of drug-likeness (QED) is 0.927. The number of nitrogens with zero attached hydrogens (tertiary/aromatic N) is 2. The van der Waals surface area contributed by atoms with Gasteiger partial charge in [0.25, 0.3) is 0 Å². The second kappa shape index (κ2) is 5.91. The molecule has 2 aliphatic rings. The Morgan fingerprint density at radius 3 is 3.05 bits per heavy atom. The lowest BCUT2D eigenvalue weighted by atomic mass is 10.2. The van der Waals surface area contributed by atoms with Gasteiger partial charge in [-0.2, -0.15) is 0 Å². The van der Waals surface area contributed by atoms with Crippen molar-refractivity contribution in [3.05, 3.63) is 11.1 Å². The first kappa shape index (κ1) is 13.5. The summed E-state index contributed by atoms with van der Waals surface area (Å²) in [4.78, 5) is 29.9. The van der Waals surface area contributed by atoms with Crippen LogP contribution in [-0.4, -0.2) is 34.8 Å². The van der Waals surface area contributed by atoms with Crippen molar-refractivity contribution in [3.63, 3.8) is 0 Å². The van der Waals surface area contributed by atoms with Gasteiger partial charge in [-0.25, -0.2) is 4.98 Å². The summed E-state index contributed by atoms with van der Waals surface area (Å²) in [5.41, 5.74) is 1.09. The van der Waals surface area contributed by atoms with Crippen LogP contribution in [0, 0.1) is 0 Å². The van der Waals surface area contributed by atoms with E-state index in [-0.39, 0.29) is 18.4 Å². The molecule has 6 heteroatoms. The van der Waals surface area contributed by atoms with Crippen LogP contribution < -0.4 is 5.32 Å². The first-order valence-corrected chi connectivity index (χ1v) is 8.13. The molecular weight excluding hydrogens is 274 g/mol. The maximum absolute atomic E-state index is 12.0. The minimum absolute atomic E-state index is 0.0930. The van der Waals surface area contributed by atoms with E-state index in [1.807, 2.05) is 5.38 Å². The Hall–Kier alpha value is -1.43. The maximum atomic E-state index is 12.0. The molecule has 3 rings (SSSR count). The molecule has 0 unspecified atom stereocenters. The molecule has 0 atom stereocenters. The molecule has 1 saturated carbocycles. The molecule has 0 spiro atoms. The van der Waals surface area contributed by atoms with E-state index in [1.165, 1.54) is 24.2 Å². The van der Waals surface area contributed by atoms with E-state index >= 15 is 0 Å². The van der Waals surface area contributed by atoms with Crippen molar-refractivity contribution in [3.8, 4) is 0 Å². The minimum atomic E-state index is -0.142. The highest BCUT2D eigenvalue weighted by Crippen LogP contribution is 2.40. The zero-order valence-corrected chi connectivity index (χ0v) is 12.2. The average molecular weight is 293 g/mol. The van der Waals surface area contributed by atoms with Crippen molar-refractivity contribution in [2.45, 2.75) is 44.4 Å². The van der Waals surface area contributed by atoms with Gasteiger partial charge < -0.3 is 10.2 Å². The van der Waals surface area contributed by atoms with Gasteiger partial charge in [-0.1, -0.05) is 6.42 Å². The zero-order chi connectivity index (χ0) is 13.9. The van der Waals surface area contributed by atoms with E-state index in [2.05, 4.69) is 10.3 Å². The standard InChI is InChI=1S/C14H19N3O2S/c18-12(8-17-7-3-1-2-4-13(17)19)16-14-15-11(9-20-14)10-5-6-10/h9-10H,1-8H2,(H,15,16,18). The Morgan fingerprint density at radius 1 is 1.40 bits per heavy atom.